The summed E-state index contributed by atoms with van der Waals surface area (Å²) in [5.74, 6) is -0.963. The fraction of sp³-hybridized carbons (Fsp3) is 0.579. The number of likely N-dealkylation sites (tertiary alicyclic amines) is 1. The van der Waals surface area contributed by atoms with Gasteiger partial charge in [-0.2, -0.15) is 0 Å². The highest BCUT2D eigenvalue weighted by Crippen LogP contribution is 2.36. The summed E-state index contributed by atoms with van der Waals surface area (Å²) in [6.45, 7) is 4.93. The lowest BCUT2D eigenvalue weighted by atomic mass is 10.1. The molecular formula is C19H24F2N2O3. The molecule has 0 unspecified atom stereocenters. The highest BCUT2D eigenvalue weighted by Gasteiger charge is 2.46. The number of carbonyl (C=O) groups is 2. The molecule has 142 valence electrons. The van der Waals surface area contributed by atoms with Crippen molar-refractivity contribution in [2.24, 2.45) is 0 Å². The van der Waals surface area contributed by atoms with Crippen molar-refractivity contribution in [1.29, 1.82) is 0 Å². The van der Waals surface area contributed by atoms with Crippen LogP contribution in [-0.4, -0.2) is 47.3 Å². The molecule has 2 fully saturated rings. The number of benzene rings is 1. The van der Waals surface area contributed by atoms with Gasteiger partial charge in [-0.1, -0.05) is 12.1 Å². The Morgan fingerprint density at radius 3 is 2.46 bits per heavy atom. The number of hydrogen-bond acceptors (Lipinski definition) is 3. The third-order valence-corrected chi connectivity index (χ3v) is 4.42. The lowest BCUT2D eigenvalue weighted by Crippen LogP contribution is -2.50. The van der Waals surface area contributed by atoms with Crippen molar-refractivity contribution in [1.82, 2.24) is 4.90 Å². The topological polar surface area (TPSA) is 49.9 Å². The highest BCUT2D eigenvalue weighted by molar-refractivity contribution is 6.00. The standard InChI is InChI=1S/C19H24F2N2O3/c1-19(2,3)26-18(25)22-11-12(20)10-16(22)17(24)23(13-8-9-13)15-7-5-4-6-14(15)21/h4-7,12-13,16H,8-11H2,1-3H3/t12-,16+/m1/s1. The number of ether oxygens (including phenoxy) is 1. The molecule has 1 heterocycles. The monoisotopic (exact) mass is 366 g/mol. The van der Waals surface area contributed by atoms with Crippen LogP contribution in [0.2, 0.25) is 0 Å². The summed E-state index contributed by atoms with van der Waals surface area (Å²) in [6.07, 6.45) is -0.606. The molecule has 1 aliphatic carbocycles. The minimum absolute atomic E-state index is 0.101. The van der Waals surface area contributed by atoms with Crippen LogP contribution in [0.5, 0.6) is 0 Å². The summed E-state index contributed by atoms with van der Waals surface area (Å²) in [4.78, 5) is 28.1. The van der Waals surface area contributed by atoms with Gasteiger partial charge in [0.2, 0.25) is 5.91 Å². The zero-order valence-corrected chi connectivity index (χ0v) is 15.2. The van der Waals surface area contributed by atoms with Gasteiger partial charge in [0.1, 0.15) is 23.6 Å². The Bertz CT molecular complexity index is 700. The predicted molar refractivity (Wildman–Crippen MR) is 93.1 cm³/mol. The molecule has 2 amide bonds. The van der Waals surface area contributed by atoms with Crippen LogP contribution in [0.3, 0.4) is 0 Å². The highest BCUT2D eigenvalue weighted by atomic mass is 19.1. The van der Waals surface area contributed by atoms with Crippen molar-refractivity contribution < 1.29 is 23.1 Å². The maximum atomic E-state index is 14.3. The molecule has 5 nitrogen and oxygen atoms in total. The largest absolute Gasteiger partial charge is 0.444 e. The Morgan fingerprint density at radius 1 is 1.23 bits per heavy atom. The summed E-state index contributed by atoms with van der Waals surface area (Å²) >= 11 is 0. The summed E-state index contributed by atoms with van der Waals surface area (Å²) < 4.78 is 33.6. The third-order valence-electron chi connectivity index (χ3n) is 4.42. The van der Waals surface area contributed by atoms with Crippen LogP contribution in [0, 0.1) is 5.82 Å². The number of carbonyl (C=O) groups excluding carboxylic acids is 2. The zero-order valence-electron chi connectivity index (χ0n) is 15.2. The molecular weight excluding hydrogens is 342 g/mol. The van der Waals surface area contributed by atoms with Gasteiger partial charge >= 0.3 is 6.09 Å². The van der Waals surface area contributed by atoms with Gasteiger partial charge < -0.3 is 9.64 Å². The Kier molecular flexibility index (Phi) is 4.90. The molecule has 3 rings (SSSR count). The first-order chi connectivity index (χ1) is 12.2. The molecule has 0 bridgehead atoms. The molecule has 1 aliphatic heterocycles. The summed E-state index contributed by atoms with van der Waals surface area (Å²) in [5.41, 5.74) is -0.577. The number of anilines is 1. The molecule has 26 heavy (non-hydrogen) atoms. The molecule has 0 radical (unpaired) electrons. The minimum atomic E-state index is -1.31. The second kappa shape index (κ2) is 6.85. The molecule has 1 aromatic rings. The van der Waals surface area contributed by atoms with E-state index < -0.39 is 35.6 Å². The molecule has 7 heteroatoms. The van der Waals surface area contributed by atoms with Crippen molar-refractivity contribution in [2.45, 2.75) is 63.9 Å². The van der Waals surface area contributed by atoms with Gasteiger partial charge in [0.25, 0.3) is 0 Å². The van der Waals surface area contributed by atoms with E-state index in [1.165, 1.54) is 17.0 Å². The number of nitrogens with zero attached hydrogens (tertiary/aromatic N) is 2. The predicted octanol–water partition coefficient (Wildman–Crippen LogP) is 3.67. The SMILES string of the molecule is CC(C)(C)OC(=O)N1C[C@H](F)C[C@H]1C(=O)N(c1ccccc1F)C1CC1. The first-order valence-corrected chi connectivity index (χ1v) is 8.88. The van der Waals surface area contributed by atoms with E-state index >= 15 is 0 Å². The number of alkyl halides is 1. The number of amides is 2. The molecule has 0 spiro atoms. The number of rotatable bonds is 3. The quantitative estimate of drug-likeness (QED) is 0.820. The van der Waals surface area contributed by atoms with Gasteiger partial charge in [-0.25, -0.2) is 13.6 Å². The van der Waals surface area contributed by atoms with E-state index in [0.717, 1.165) is 17.7 Å². The van der Waals surface area contributed by atoms with E-state index in [1.807, 2.05) is 0 Å². The fourth-order valence-corrected chi connectivity index (χ4v) is 3.18. The average molecular weight is 366 g/mol. The molecule has 2 atom stereocenters. The van der Waals surface area contributed by atoms with Crippen molar-refractivity contribution in [2.75, 3.05) is 11.4 Å². The van der Waals surface area contributed by atoms with E-state index in [2.05, 4.69) is 0 Å². The Balaban J connectivity index is 1.86. The molecule has 1 saturated carbocycles. The van der Waals surface area contributed by atoms with Gasteiger partial charge in [0.15, 0.2) is 0 Å². The van der Waals surface area contributed by atoms with E-state index in [1.54, 1.807) is 32.9 Å². The van der Waals surface area contributed by atoms with Gasteiger partial charge in [0, 0.05) is 12.5 Å². The second-order valence-corrected chi connectivity index (χ2v) is 7.87. The minimum Gasteiger partial charge on any atom is -0.444 e. The Hall–Kier alpha value is -2.18. The van der Waals surface area contributed by atoms with Crippen molar-refractivity contribution in [3.8, 4) is 0 Å². The van der Waals surface area contributed by atoms with Crippen LogP contribution in [0.4, 0.5) is 19.3 Å². The van der Waals surface area contributed by atoms with E-state index in [9.17, 15) is 18.4 Å². The summed E-state index contributed by atoms with van der Waals surface area (Å²) in [6, 6.07) is 4.92. The normalized spacial score (nSPS) is 23.0. The fourth-order valence-electron chi connectivity index (χ4n) is 3.18. The molecule has 0 aromatic heterocycles. The lowest BCUT2D eigenvalue weighted by Gasteiger charge is -2.31. The van der Waals surface area contributed by atoms with E-state index in [-0.39, 0.29) is 24.7 Å². The summed E-state index contributed by atoms with van der Waals surface area (Å²) in [7, 11) is 0. The number of hydrogen-bond donors (Lipinski definition) is 0. The van der Waals surface area contributed by atoms with Gasteiger partial charge in [-0.3, -0.25) is 9.69 Å². The summed E-state index contributed by atoms with van der Waals surface area (Å²) in [5, 5.41) is 0. The zero-order chi connectivity index (χ0) is 19.1. The van der Waals surface area contributed by atoms with Gasteiger partial charge in [-0.15, -0.1) is 0 Å². The maximum Gasteiger partial charge on any atom is 0.411 e. The Morgan fingerprint density at radius 2 is 1.88 bits per heavy atom. The maximum absolute atomic E-state index is 14.3. The van der Waals surface area contributed by atoms with Crippen LogP contribution in [0.25, 0.3) is 0 Å². The van der Waals surface area contributed by atoms with Crippen LogP contribution in [0.1, 0.15) is 40.0 Å². The molecule has 1 aromatic carbocycles. The first-order valence-electron chi connectivity index (χ1n) is 8.88. The van der Waals surface area contributed by atoms with E-state index in [0.29, 0.717) is 0 Å². The van der Waals surface area contributed by atoms with Gasteiger partial charge in [0.05, 0.1) is 12.2 Å². The van der Waals surface area contributed by atoms with Crippen LogP contribution >= 0.6 is 0 Å². The first kappa shape index (κ1) is 18.6. The third kappa shape index (κ3) is 3.97. The number of para-hydroxylation sites is 1. The van der Waals surface area contributed by atoms with Gasteiger partial charge in [-0.05, 0) is 45.7 Å². The Labute approximate surface area is 151 Å². The van der Waals surface area contributed by atoms with Crippen molar-refractivity contribution in [3.05, 3.63) is 30.1 Å². The van der Waals surface area contributed by atoms with Crippen molar-refractivity contribution >= 4 is 17.7 Å². The van der Waals surface area contributed by atoms with Crippen molar-refractivity contribution in [3.63, 3.8) is 0 Å². The second-order valence-electron chi connectivity index (χ2n) is 7.87. The molecule has 2 aliphatic rings. The smallest absolute Gasteiger partial charge is 0.411 e. The van der Waals surface area contributed by atoms with Crippen LogP contribution in [0.15, 0.2) is 24.3 Å². The number of halogens is 2. The van der Waals surface area contributed by atoms with Crippen LogP contribution in [-0.2, 0) is 9.53 Å². The molecule has 1 saturated heterocycles. The molecule has 0 N–H and O–H groups in total. The lowest BCUT2D eigenvalue weighted by molar-refractivity contribution is -0.123. The van der Waals surface area contributed by atoms with Crippen LogP contribution < -0.4 is 4.90 Å². The van der Waals surface area contributed by atoms with E-state index in [4.69, 9.17) is 4.74 Å². The average Bonchev–Trinajstić information content (AvgIpc) is 3.28.